The second-order valence-electron chi connectivity index (χ2n) is 5.46. The van der Waals surface area contributed by atoms with Crippen LogP contribution in [-0.4, -0.2) is 26.1 Å². The molecule has 2 aromatic rings. The van der Waals surface area contributed by atoms with Crippen LogP contribution in [0.25, 0.3) is 5.65 Å². The summed E-state index contributed by atoms with van der Waals surface area (Å²) in [6, 6.07) is 1.86. The predicted molar refractivity (Wildman–Crippen MR) is 70.8 cm³/mol. The van der Waals surface area contributed by atoms with E-state index in [2.05, 4.69) is 15.6 Å². The average molecular weight is 262 g/mol. The third-order valence-electron chi connectivity index (χ3n) is 2.54. The minimum Gasteiger partial charge on any atom is -0.268 e. The van der Waals surface area contributed by atoms with Gasteiger partial charge < -0.3 is 0 Å². The standard InChI is InChI=1S/C13H18N4O2/c1-8-6-11-14-7-10(9(2)17(11)15-8)12(18)16-19-13(3,4)5/h6-7H,1-5H3,(H,16,18). The highest BCUT2D eigenvalue weighted by atomic mass is 16.7. The number of hydrogen-bond acceptors (Lipinski definition) is 4. The first-order valence-corrected chi connectivity index (χ1v) is 6.08. The summed E-state index contributed by atoms with van der Waals surface area (Å²) in [7, 11) is 0. The van der Waals surface area contributed by atoms with Crippen LogP contribution in [-0.2, 0) is 4.84 Å². The van der Waals surface area contributed by atoms with E-state index in [-0.39, 0.29) is 5.91 Å². The van der Waals surface area contributed by atoms with E-state index >= 15 is 0 Å². The molecule has 0 spiro atoms. The van der Waals surface area contributed by atoms with Gasteiger partial charge in [0.1, 0.15) is 0 Å². The van der Waals surface area contributed by atoms with Gasteiger partial charge in [-0.15, -0.1) is 0 Å². The molecule has 0 aliphatic carbocycles. The first kappa shape index (κ1) is 13.5. The number of hydrogen-bond donors (Lipinski definition) is 1. The van der Waals surface area contributed by atoms with Gasteiger partial charge in [0, 0.05) is 12.3 Å². The van der Waals surface area contributed by atoms with Crippen molar-refractivity contribution in [2.24, 2.45) is 0 Å². The molecule has 0 unspecified atom stereocenters. The quantitative estimate of drug-likeness (QED) is 0.838. The topological polar surface area (TPSA) is 68.5 Å². The van der Waals surface area contributed by atoms with E-state index in [1.807, 2.05) is 40.7 Å². The molecule has 2 rings (SSSR count). The number of aryl methyl sites for hydroxylation is 2. The molecule has 0 aliphatic rings. The van der Waals surface area contributed by atoms with Crippen molar-refractivity contribution in [1.29, 1.82) is 0 Å². The SMILES string of the molecule is Cc1cc2ncc(C(=O)NOC(C)(C)C)c(C)n2n1. The van der Waals surface area contributed by atoms with Crippen molar-refractivity contribution in [3.63, 3.8) is 0 Å². The number of fused-ring (bicyclic) bond motifs is 1. The number of carbonyl (C=O) groups is 1. The molecule has 1 N–H and O–H groups in total. The van der Waals surface area contributed by atoms with E-state index in [1.165, 1.54) is 6.20 Å². The molecule has 0 aromatic carbocycles. The maximum atomic E-state index is 12.0. The molecule has 0 atom stereocenters. The lowest BCUT2D eigenvalue weighted by molar-refractivity contribution is -0.0590. The predicted octanol–water partition coefficient (Wildman–Crippen LogP) is 1.81. The van der Waals surface area contributed by atoms with Crippen LogP contribution < -0.4 is 5.48 Å². The van der Waals surface area contributed by atoms with Gasteiger partial charge in [-0.1, -0.05) is 0 Å². The molecule has 0 saturated carbocycles. The Hall–Kier alpha value is -1.95. The van der Waals surface area contributed by atoms with Crippen LogP contribution in [0.5, 0.6) is 0 Å². The van der Waals surface area contributed by atoms with E-state index in [1.54, 1.807) is 4.52 Å². The van der Waals surface area contributed by atoms with Crippen molar-refractivity contribution in [3.8, 4) is 0 Å². The van der Waals surface area contributed by atoms with Gasteiger partial charge in [-0.05, 0) is 34.6 Å². The lowest BCUT2D eigenvalue weighted by atomic mass is 10.2. The van der Waals surface area contributed by atoms with Crippen LogP contribution in [0, 0.1) is 13.8 Å². The van der Waals surface area contributed by atoms with Crippen molar-refractivity contribution in [2.75, 3.05) is 0 Å². The lowest BCUT2D eigenvalue weighted by Gasteiger charge is -2.19. The van der Waals surface area contributed by atoms with Crippen LogP contribution in [0.4, 0.5) is 0 Å². The van der Waals surface area contributed by atoms with Crippen LogP contribution in [0.1, 0.15) is 42.5 Å². The number of carbonyl (C=O) groups excluding carboxylic acids is 1. The second kappa shape index (κ2) is 4.62. The third-order valence-corrected chi connectivity index (χ3v) is 2.54. The van der Waals surface area contributed by atoms with Gasteiger partial charge in [0.05, 0.1) is 22.6 Å². The summed E-state index contributed by atoms with van der Waals surface area (Å²) in [5.41, 5.74) is 4.75. The Labute approximate surface area is 111 Å². The van der Waals surface area contributed by atoms with Gasteiger partial charge in [-0.3, -0.25) is 9.63 Å². The van der Waals surface area contributed by atoms with Crippen molar-refractivity contribution < 1.29 is 9.63 Å². The van der Waals surface area contributed by atoms with Gasteiger partial charge in [0.25, 0.3) is 5.91 Å². The maximum absolute atomic E-state index is 12.0. The summed E-state index contributed by atoms with van der Waals surface area (Å²) in [5, 5.41) is 4.30. The molecule has 0 saturated heterocycles. The number of rotatable bonds is 2. The van der Waals surface area contributed by atoms with E-state index < -0.39 is 5.60 Å². The van der Waals surface area contributed by atoms with E-state index in [0.29, 0.717) is 5.56 Å². The number of nitrogens with zero attached hydrogens (tertiary/aromatic N) is 3. The Balaban J connectivity index is 2.30. The van der Waals surface area contributed by atoms with Gasteiger partial charge in [0.15, 0.2) is 5.65 Å². The fraction of sp³-hybridized carbons (Fsp3) is 0.462. The monoisotopic (exact) mass is 262 g/mol. The molecule has 6 heteroatoms. The van der Waals surface area contributed by atoms with Crippen molar-refractivity contribution in [1.82, 2.24) is 20.1 Å². The number of aromatic nitrogens is 3. The van der Waals surface area contributed by atoms with Crippen LogP contribution in [0.2, 0.25) is 0 Å². The highest BCUT2D eigenvalue weighted by Crippen LogP contribution is 2.11. The average Bonchev–Trinajstić information content (AvgIpc) is 2.67. The van der Waals surface area contributed by atoms with Crippen molar-refractivity contribution >= 4 is 11.6 Å². The molecular weight excluding hydrogens is 244 g/mol. The van der Waals surface area contributed by atoms with Crippen molar-refractivity contribution in [2.45, 2.75) is 40.2 Å². The van der Waals surface area contributed by atoms with E-state index in [9.17, 15) is 4.79 Å². The largest absolute Gasteiger partial charge is 0.278 e. The normalized spacial score (nSPS) is 11.8. The molecule has 2 aromatic heterocycles. The minimum absolute atomic E-state index is 0.324. The van der Waals surface area contributed by atoms with E-state index in [4.69, 9.17) is 4.84 Å². The molecule has 6 nitrogen and oxygen atoms in total. The van der Waals surface area contributed by atoms with Crippen molar-refractivity contribution in [3.05, 3.63) is 29.2 Å². The highest BCUT2D eigenvalue weighted by molar-refractivity contribution is 5.94. The first-order chi connectivity index (χ1) is 8.78. The molecular formula is C13H18N4O2. The molecule has 0 fully saturated rings. The molecule has 0 bridgehead atoms. The summed E-state index contributed by atoms with van der Waals surface area (Å²) in [6.45, 7) is 9.29. The van der Waals surface area contributed by atoms with E-state index in [0.717, 1.165) is 17.0 Å². The Morgan fingerprint density at radius 2 is 2.05 bits per heavy atom. The van der Waals surface area contributed by atoms with Gasteiger partial charge >= 0.3 is 0 Å². The Morgan fingerprint density at radius 3 is 2.68 bits per heavy atom. The zero-order valence-corrected chi connectivity index (χ0v) is 11.8. The van der Waals surface area contributed by atoms with Gasteiger partial charge in [-0.2, -0.15) is 5.10 Å². The van der Waals surface area contributed by atoms with Crippen LogP contribution >= 0.6 is 0 Å². The number of hydroxylamine groups is 1. The third kappa shape index (κ3) is 2.90. The zero-order chi connectivity index (χ0) is 14.2. The lowest BCUT2D eigenvalue weighted by Crippen LogP contribution is -2.34. The number of amides is 1. The Morgan fingerprint density at radius 1 is 1.37 bits per heavy atom. The van der Waals surface area contributed by atoms with Crippen LogP contribution in [0.15, 0.2) is 12.3 Å². The molecule has 19 heavy (non-hydrogen) atoms. The van der Waals surface area contributed by atoms with Gasteiger partial charge in [0.2, 0.25) is 0 Å². The summed E-state index contributed by atoms with van der Waals surface area (Å²) in [5.74, 6) is -0.324. The fourth-order valence-electron chi connectivity index (χ4n) is 1.64. The Kier molecular flexibility index (Phi) is 3.28. The zero-order valence-electron chi connectivity index (χ0n) is 11.8. The molecule has 0 radical (unpaired) electrons. The summed E-state index contributed by atoms with van der Waals surface area (Å²) in [6.07, 6.45) is 1.53. The minimum atomic E-state index is -0.441. The summed E-state index contributed by atoms with van der Waals surface area (Å²) < 4.78 is 1.65. The summed E-state index contributed by atoms with van der Waals surface area (Å²) in [4.78, 5) is 21.5. The smallest absolute Gasteiger partial charge is 0.268 e. The first-order valence-electron chi connectivity index (χ1n) is 6.08. The second-order valence-corrected chi connectivity index (χ2v) is 5.46. The van der Waals surface area contributed by atoms with Crippen LogP contribution in [0.3, 0.4) is 0 Å². The molecule has 0 aliphatic heterocycles. The highest BCUT2D eigenvalue weighted by Gasteiger charge is 2.17. The molecule has 102 valence electrons. The summed E-state index contributed by atoms with van der Waals surface area (Å²) >= 11 is 0. The number of nitrogens with one attached hydrogen (secondary N) is 1. The van der Waals surface area contributed by atoms with Gasteiger partial charge in [-0.25, -0.2) is 15.0 Å². The molecule has 2 heterocycles. The Bertz CT molecular complexity index is 625. The fourth-order valence-corrected chi connectivity index (χ4v) is 1.64. The maximum Gasteiger partial charge on any atom is 0.278 e. The molecule has 1 amide bonds.